The Morgan fingerprint density at radius 2 is 1.97 bits per heavy atom. The second kappa shape index (κ2) is 8.07. The Bertz CT molecular complexity index is 1080. The molecule has 0 spiro atoms. The molecule has 150 valence electrons. The van der Waals surface area contributed by atoms with Crippen molar-refractivity contribution >= 4 is 38.3 Å². The van der Waals surface area contributed by atoms with Gasteiger partial charge in [0.15, 0.2) is 11.5 Å². The van der Waals surface area contributed by atoms with E-state index in [0.717, 1.165) is 32.1 Å². The number of ether oxygens (including phenoxy) is 2. The lowest BCUT2D eigenvalue weighted by Gasteiger charge is -2.28. The molecule has 0 saturated heterocycles. The summed E-state index contributed by atoms with van der Waals surface area (Å²) in [6.07, 6.45) is 0.428. The van der Waals surface area contributed by atoms with E-state index < -0.39 is 0 Å². The van der Waals surface area contributed by atoms with Gasteiger partial charge < -0.3 is 14.8 Å². The molecule has 4 nitrogen and oxygen atoms in total. The third-order valence-corrected chi connectivity index (χ3v) is 5.67. The zero-order valence-corrected chi connectivity index (χ0v) is 18.4. The third-order valence-electron chi connectivity index (χ3n) is 5.08. The highest BCUT2D eigenvalue weighted by Crippen LogP contribution is 2.45. The van der Waals surface area contributed by atoms with E-state index in [0.29, 0.717) is 24.5 Å². The maximum atomic E-state index is 12.6. The van der Waals surface area contributed by atoms with Gasteiger partial charge in [-0.2, -0.15) is 0 Å². The van der Waals surface area contributed by atoms with Gasteiger partial charge in [0.05, 0.1) is 22.9 Å². The molecule has 1 aliphatic rings. The summed E-state index contributed by atoms with van der Waals surface area (Å²) in [5.41, 5.74) is 3.05. The number of carbonyl (C=O) groups is 1. The third kappa shape index (κ3) is 3.84. The summed E-state index contributed by atoms with van der Waals surface area (Å²) in [4.78, 5) is 12.6. The molecule has 1 N–H and O–H groups in total. The minimum atomic E-state index is -0.0491. The Morgan fingerprint density at radius 3 is 2.72 bits per heavy atom. The number of amides is 1. The second-order valence-electron chi connectivity index (χ2n) is 7.49. The molecule has 1 atom stereocenters. The Kier molecular flexibility index (Phi) is 5.50. The van der Waals surface area contributed by atoms with E-state index in [9.17, 15) is 4.79 Å². The van der Waals surface area contributed by atoms with Crippen LogP contribution in [-0.4, -0.2) is 18.6 Å². The zero-order chi connectivity index (χ0) is 20.5. The number of hydrogen-bond acceptors (Lipinski definition) is 3. The molecule has 29 heavy (non-hydrogen) atoms. The number of rotatable bonds is 5. The van der Waals surface area contributed by atoms with Gasteiger partial charge in [-0.25, -0.2) is 0 Å². The Balaban J connectivity index is 1.85. The van der Waals surface area contributed by atoms with E-state index in [-0.39, 0.29) is 17.9 Å². The van der Waals surface area contributed by atoms with Crippen molar-refractivity contribution in [3.8, 4) is 11.5 Å². The number of carbonyl (C=O) groups excluding carboxylic acids is 1. The first-order valence-electron chi connectivity index (χ1n) is 9.92. The van der Waals surface area contributed by atoms with Crippen LogP contribution in [0.25, 0.3) is 10.8 Å². The molecule has 0 saturated carbocycles. The first-order valence-corrected chi connectivity index (χ1v) is 10.7. The highest BCUT2D eigenvalue weighted by atomic mass is 79.9. The van der Waals surface area contributed by atoms with Crippen molar-refractivity contribution in [3.63, 3.8) is 0 Å². The average molecular weight is 454 g/mol. The summed E-state index contributed by atoms with van der Waals surface area (Å²) >= 11 is 3.65. The van der Waals surface area contributed by atoms with E-state index in [1.54, 1.807) is 0 Å². The number of anilines is 1. The second-order valence-corrected chi connectivity index (χ2v) is 8.34. The molecule has 3 aromatic carbocycles. The van der Waals surface area contributed by atoms with Crippen LogP contribution in [0.1, 0.15) is 44.2 Å². The lowest BCUT2D eigenvalue weighted by Crippen LogP contribution is -2.24. The van der Waals surface area contributed by atoms with Crippen LogP contribution in [0.2, 0.25) is 0 Å². The highest BCUT2D eigenvalue weighted by molar-refractivity contribution is 9.10. The van der Waals surface area contributed by atoms with Gasteiger partial charge in [-0.05, 0) is 65.3 Å². The Hall–Kier alpha value is -2.53. The minimum absolute atomic E-state index is 0.0236. The van der Waals surface area contributed by atoms with Gasteiger partial charge in [-0.15, -0.1) is 0 Å². The van der Waals surface area contributed by atoms with Crippen LogP contribution in [0.15, 0.2) is 53.0 Å². The Morgan fingerprint density at radius 1 is 1.17 bits per heavy atom. The number of hydrogen-bond donors (Lipinski definition) is 1. The van der Waals surface area contributed by atoms with E-state index in [4.69, 9.17) is 9.47 Å². The van der Waals surface area contributed by atoms with Crippen molar-refractivity contribution in [2.45, 2.75) is 39.2 Å². The molecule has 1 amide bonds. The van der Waals surface area contributed by atoms with Crippen molar-refractivity contribution in [2.75, 3.05) is 11.9 Å². The van der Waals surface area contributed by atoms with E-state index in [1.165, 1.54) is 0 Å². The molecular formula is C24H24BrNO3. The molecule has 3 aromatic rings. The van der Waals surface area contributed by atoms with Crippen LogP contribution in [0.5, 0.6) is 11.5 Å². The standard InChI is InChI=1S/C24H24BrNO3/c1-4-28-21-12-16(11-20(25)24(21)29-14(2)3)19-13-22(27)26-23-17-8-6-5-7-15(17)9-10-18(19)23/h5-12,14,19H,4,13H2,1-3H3,(H,26,27)/t19-/m0/s1. The van der Waals surface area contributed by atoms with E-state index >= 15 is 0 Å². The largest absolute Gasteiger partial charge is 0.490 e. The molecule has 4 rings (SSSR count). The number of halogens is 1. The molecular weight excluding hydrogens is 430 g/mol. The first kappa shape index (κ1) is 19.8. The minimum Gasteiger partial charge on any atom is -0.490 e. The van der Waals surface area contributed by atoms with Crippen molar-refractivity contribution in [1.82, 2.24) is 0 Å². The average Bonchev–Trinajstić information content (AvgIpc) is 2.69. The smallest absolute Gasteiger partial charge is 0.225 e. The summed E-state index contributed by atoms with van der Waals surface area (Å²) in [6.45, 7) is 6.47. The van der Waals surface area contributed by atoms with Crippen LogP contribution < -0.4 is 14.8 Å². The quantitative estimate of drug-likeness (QED) is 0.495. The van der Waals surface area contributed by atoms with Crippen LogP contribution in [0.4, 0.5) is 5.69 Å². The predicted octanol–water partition coefficient (Wildman–Crippen LogP) is 6.26. The van der Waals surface area contributed by atoms with Crippen molar-refractivity contribution in [1.29, 1.82) is 0 Å². The zero-order valence-electron chi connectivity index (χ0n) is 16.8. The van der Waals surface area contributed by atoms with Gasteiger partial charge in [0.2, 0.25) is 5.91 Å². The molecule has 0 aliphatic carbocycles. The van der Waals surface area contributed by atoms with Crippen molar-refractivity contribution in [2.24, 2.45) is 0 Å². The lowest BCUT2D eigenvalue weighted by atomic mass is 9.83. The first-order chi connectivity index (χ1) is 14.0. The molecule has 0 aromatic heterocycles. The summed E-state index contributed by atoms with van der Waals surface area (Å²) in [5.74, 6) is 1.37. The normalized spacial score (nSPS) is 15.9. The fourth-order valence-corrected chi connectivity index (χ4v) is 4.46. The van der Waals surface area contributed by atoms with Gasteiger partial charge in [-0.3, -0.25) is 4.79 Å². The maximum Gasteiger partial charge on any atom is 0.225 e. The van der Waals surface area contributed by atoms with Crippen molar-refractivity contribution in [3.05, 3.63) is 64.1 Å². The monoisotopic (exact) mass is 453 g/mol. The van der Waals surface area contributed by atoms with E-state index in [2.05, 4.69) is 45.5 Å². The highest BCUT2D eigenvalue weighted by Gasteiger charge is 2.29. The molecule has 1 aliphatic heterocycles. The predicted molar refractivity (Wildman–Crippen MR) is 120 cm³/mol. The van der Waals surface area contributed by atoms with Crippen molar-refractivity contribution < 1.29 is 14.3 Å². The molecule has 0 radical (unpaired) electrons. The summed E-state index contributed by atoms with van der Waals surface area (Å²) < 4.78 is 12.7. The van der Waals surface area contributed by atoms with Crippen LogP contribution in [-0.2, 0) is 4.79 Å². The fraction of sp³-hybridized carbons (Fsp3) is 0.292. The summed E-state index contributed by atoms with van der Waals surface area (Å²) in [6, 6.07) is 16.4. The number of fused-ring (bicyclic) bond motifs is 3. The van der Waals surface area contributed by atoms with Gasteiger partial charge in [0.25, 0.3) is 0 Å². The summed E-state index contributed by atoms with van der Waals surface area (Å²) in [5, 5.41) is 5.26. The molecule has 1 heterocycles. The lowest BCUT2D eigenvalue weighted by molar-refractivity contribution is -0.116. The van der Waals surface area contributed by atoms with Gasteiger partial charge >= 0.3 is 0 Å². The Labute approximate surface area is 179 Å². The van der Waals surface area contributed by atoms with Gasteiger partial charge in [-0.1, -0.05) is 36.4 Å². The SMILES string of the molecule is CCOc1cc([C@@H]2CC(=O)Nc3c2ccc2ccccc32)cc(Br)c1OC(C)C. The molecule has 0 fully saturated rings. The van der Waals surface area contributed by atoms with Crippen LogP contribution >= 0.6 is 15.9 Å². The molecule has 0 bridgehead atoms. The molecule has 5 heteroatoms. The topological polar surface area (TPSA) is 47.6 Å². The summed E-state index contributed by atoms with van der Waals surface area (Å²) in [7, 11) is 0. The van der Waals surface area contributed by atoms with Crippen LogP contribution in [0.3, 0.4) is 0 Å². The van der Waals surface area contributed by atoms with Crippen LogP contribution in [0, 0.1) is 0 Å². The maximum absolute atomic E-state index is 12.6. The van der Waals surface area contributed by atoms with E-state index in [1.807, 2.05) is 45.0 Å². The van der Waals surface area contributed by atoms with Gasteiger partial charge in [0, 0.05) is 17.7 Å². The fourth-order valence-electron chi connectivity index (χ4n) is 3.90. The molecule has 0 unspecified atom stereocenters. The number of benzene rings is 3. The van der Waals surface area contributed by atoms with Gasteiger partial charge in [0.1, 0.15) is 0 Å². The number of nitrogens with one attached hydrogen (secondary N) is 1.